The van der Waals surface area contributed by atoms with Crippen LogP contribution < -0.4 is 20.7 Å². The third-order valence-corrected chi connectivity index (χ3v) is 17.6. The summed E-state index contributed by atoms with van der Waals surface area (Å²) in [7, 11) is -2.49. The lowest BCUT2D eigenvalue weighted by molar-refractivity contribution is 1.37. The van der Waals surface area contributed by atoms with E-state index >= 15 is 0 Å². The summed E-state index contributed by atoms with van der Waals surface area (Å²) >= 11 is 0. The van der Waals surface area contributed by atoms with Crippen LogP contribution >= 0.6 is 0 Å². The minimum atomic E-state index is -2.49. The van der Waals surface area contributed by atoms with E-state index in [9.17, 15) is 0 Å². The van der Waals surface area contributed by atoms with Crippen molar-refractivity contribution in [3.63, 3.8) is 0 Å². The average molecular weight is 791 g/mol. The first-order valence-corrected chi connectivity index (χ1v) is 23.0. The highest BCUT2D eigenvalue weighted by molar-refractivity contribution is 7.22. The highest BCUT2D eigenvalue weighted by atomic mass is 28.3. The largest absolute Gasteiger partial charge is 0.245 e. The van der Waals surface area contributed by atoms with Gasteiger partial charge in [-0.1, -0.05) is 206 Å². The van der Waals surface area contributed by atoms with Crippen LogP contribution in [0, 0.1) is 0 Å². The van der Waals surface area contributed by atoms with Crippen molar-refractivity contribution in [1.29, 1.82) is 0 Å². The molecule has 0 spiro atoms. The fourth-order valence-corrected chi connectivity index (χ4v) is 14.9. The zero-order chi connectivity index (χ0) is 40.3. The number of fused-ring (bicyclic) bond motifs is 7. The van der Waals surface area contributed by atoms with Crippen molar-refractivity contribution in [1.82, 2.24) is 9.97 Å². The summed E-state index contributed by atoms with van der Waals surface area (Å²) in [5.41, 5.74) is 13.5. The number of rotatable bonds is 6. The summed E-state index contributed by atoms with van der Waals surface area (Å²) in [6.07, 6.45) is 0. The molecule has 0 amide bonds. The van der Waals surface area contributed by atoms with Gasteiger partial charge in [0.1, 0.15) is 0 Å². The van der Waals surface area contributed by atoms with Crippen LogP contribution in [0.5, 0.6) is 0 Å². The van der Waals surface area contributed by atoms with Crippen LogP contribution in [-0.2, 0) is 0 Å². The lowest BCUT2D eigenvalue weighted by Gasteiger charge is -2.31. The number of nitrogens with zero attached hydrogens (tertiary/aromatic N) is 2. The van der Waals surface area contributed by atoms with E-state index in [0.29, 0.717) is 0 Å². The summed E-state index contributed by atoms with van der Waals surface area (Å²) in [4.78, 5) is 10.3. The van der Waals surface area contributed by atoms with E-state index in [1.165, 1.54) is 64.9 Å². The summed E-state index contributed by atoms with van der Waals surface area (Å²) in [5.74, 6) is 0. The van der Waals surface area contributed by atoms with Crippen molar-refractivity contribution < 1.29 is 0 Å². The molecule has 0 unspecified atom stereocenters. The molecule has 0 atom stereocenters. The number of hydrogen-bond acceptors (Lipinski definition) is 2. The second-order valence-corrected chi connectivity index (χ2v) is 19.8. The van der Waals surface area contributed by atoms with Gasteiger partial charge < -0.3 is 0 Å². The Labute approximate surface area is 356 Å². The summed E-state index contributed by atoms with van der Waals surface area (Å²) in [6, 6.07) is 84.4. The number of pyridine rings is 2. The zero-order valence-electron chi connectivity index (χ0n) is 33.3. The topological polar surface area (TPSA) is 25.8 Å². The van der Waals surface area contributed by atoms with Crippen molar-refractivity contribution in [3.05, 3.63) is 231 Å². The first-order valence-electron chi connectivity index (χ1n) is 21.0. The van der Waals surface area contributed by atoms with Crippen LogP contribution in [0.25, 0.3) is 88.5 Å². The maximum atomic E-state index is 5.21. The molecule has 0 N–H and O–H groups in total. The van der Waals surface area contributed by atoms with Gasteiger partial charge in [0.25, 0.3) is 0 Å². The van der Waals surface area contributed by atoms with Gasteiger partial charge in [0.15, 0.2) is 8.07 Å². The Morgan fingerprint density at radius 1 is 0.262 bits per heavy atom. The molecule has 3 heteroatoms. The maximum Gasteiger partial charge on any atom is 0.180 e. The first kappa shape index (κ1) is 35.2. The Morgan fingerprint density at radius 3 is 1.25 bits per heavy atom. The standard InChI is InChI=1S/C58H38N2Si/c1-3-11-42(12-4-1)53-35-31-43-23-24-44-32-36-54(60-58(44)57(43)59-53)48-28-27-46-37-45(25-26-47(46)38-48)41-21-19-39(20-22-41)40-29-33-50(34-30-40)61(49-13-5-2-6-14-49)55-17-9-7-15-51(55)52-16-8-10-18-56(52)61/h1-38H. The molecule has 0 fully saturated rings. The van der Waals surface area contributed by atoms with Crippen LogP contribution in [-0.4, -0.2) is 18.0 Å². The summed E-state index contributed by atoms with van der Waals surface area (Å²) < 4.78 is 0. The van der Waals surface area contributed by atoms with E-state index in [0.717, 1.165) is 44.3 Å². The van der Waals surface area contributed by atoms with Crippen LogP contribution in [0.1, 0.15) is 0 Å². The molecule has 1 aliphatic heterocycles. The van der Waals surface area contributed by atoms with E-state index < -0.39 is 8.07 Å². The predicted octanol–water partition coefficient (Wildman–Crippen LogP) is 12.0. The molecule has 284 valence electrons. The minimum absolute atomic E-state index is 0.922. The second-order valence-electron chi connectivity index (χ2n) is 16.1. The smallest absolute Gasteiger partial charge is 0.180 e. The first-order chi connectivity index (χ1) is 30.2. The number of aromatic nitrogens is 2. The molecule has 61 heavy (non-hydrogen) atoms. The molecule has 2 aromatic heterocycles. The van der Waals surface area contributed by atoms with Crippen LogP contribution in [0.2, 0.25) is 0 Å². The van der Waals surface area contributed by atoms with Gasteiger partial charge in [0, 0.05) is 21.9 Å². The predicted molar refractivity (Wildman–Crippen MR) is 259 cm³/mol. The SMILES string of the molecule is c1ccc(-c2ccc3ccc4ccc(-c5ccc6cc(-c7ccc(-c8ccc([Si]9(c%10ccccc%10)c%10ccccc%10-c%10ccccc%109)cc8)cc7)ccc6c5)nc4c3n2)cc1. The average Bonchev–Trinajstić information content (AvgIpc) is 3.65. The van der Waals surface area contributed by atoms with E-state index in [-0.39, 0.29) is 0 Å². The van der Waals surface area contributed by atoms with E-state index in [1.54, 1.807) is 0 Å². The van der Waals surface area contributed by atoms with E-state index in [2.05, 4.69) is 224 Å². The molecule has 3 heterocycles. The van der Waals surface area contributed by atoms with Crippen LogP contribution in [0.4, 0.5) is 0 Å². The zero-order valence-corrected chi connectivity index (χ0v) is 34.3. The molecule has 0 aliphatic carbocycles. The monoisotopic (exact) mass is 790 g/mol. The van der Waals surface area contributed by atoms with E-state index in [1.807, 2.05) is 6.07 Å². The van der Waals surface area contributed by atoms with Gasteiger partial charge in [-0.15, -0.1) is 0 Å². The van der Waals surface area contributed by atoms with Crippen molar-refractivity contribution >= 4 is 61.4 Å². The molecule has 0 saturated heterocycles. The summed E-state index contributed by atoms with van der Waals surface area (Å²) in [5, 5.41) is 10.3. The highest BCUT2D eigenvalue weighted by Crippen LogP contribution is 2.33. The normalized spacial score (nSPS) is 12.7. The Bertz CT molecular complexity index is 3410. The van der Waals surface area contributed by atoms with Gasteiger partial charge in [0.05, 0.1) is 22.4 Å². The molecule has 2 nitrogen and oxygen atoms in total. The molecular weight excluding hydrogens is 753 g/mol. The lowest BCUT2D eigenvalue weighted by atomic mass is 9.97. The number of hydrogen-bond donors (Lipinski definition) is 0. The molecule has 12 rings (SSSR count). The van der Waals surface area contributed by atoms with Gasteiger partial charge in [-0.05, 0) is 89.2 Å². The van der Waals surface area contributed by atoms with Gasteiger partial charge in [0.2, 0.25) is 0 Å². The number of benzene rings is 9. The fourth-order valence-electron chi connectivity index (χ4n) is 9.76. The molecule has 0 radical (unpaired) electrons. The van der Waals surface area contributed by atoms with Gasteiger partial charge >= 0.3 is 0 Å². The minimum Gasteiger partial charge on any atom is -0.245 e. The molecule has 9 aromatic carbocycles. The van der Waals surface area contributed by atoms with Crippen molar-refractivity contribution in [2.45, 2.75) is 0 Å². The molecular formula is C58H38N2Si. The summed E-state index contributed by atoms with van der Waals surface area (Å²) in [6.45, 7) is 0. The maximum absolute atomic E-state index is 5.21. The third kappa shape index (κ3) is 5.77. The molecule has 1 aliphatic rings. The molecule has 0 bridgehead atoms. The third-order valence-electron chi connectivity index (χ3n) is 12.8. The Hall–Kier alpha value is -7.72. The van der Waals surface area contributed by atoms with Crippen LogP contribution in [0.15, 0.2) is 231 Å². The van der Waals surface area contributed by atoms with Gasteiger partial charge in [-0.3, -0.25) is 0 Å². The van der Waals surface area contributed by atoms with E-state index in [4.69, 9.17) is 9.97 Å². The van der Waals surface area contributed by atoms with Gasteiger partial charge in [-0.2, -0.15) is 0 Å². The van der Waals surface area contributed by atoms with Gasteiger partial charge in [-0.25, -0.2) is 9.97 Å². The quantitative estimate of drug-likeness (QED) is 0.124. The Balaban J connectivity index is 0.840. The Morgan fingerprint density at radius 2 is 0.656 bits per heavy atom. The molecule has 11 aromatic rings. The van der Waals surface area contributed by atoms with Crippen molar-refractivity contribution in [3.8, 4) is 55.9 Å². The van der Waals surface area contributed by atoms with Crippen molar-refractivity contribution in [2.75, 3.05) is 0 Å². The molecule has 0 saturated carbocycles. The van der Waals surface area contributed by atoms with Crippen LogP contribution in [0.3, 0.4) is 0 Å². The van der Waals surface area contributed by atoms with Crippen molar-refractivity contribution in [2.24, 2.45) is 0 Å². The Kier molecular flexibility index (Phi) is 8.22. The highest BCUT2D eigenvalue weighted by Gasteiger charge is 2.48. The lowest BCUT2D eigenvalue weighted by Crippen LogP contribution is -2.72. The second kappa shape index (κ2) is 14.2. The fraction of sp³-hybridized carbons (Fsp3) is 0.